The summed E-state index contributed by atoms with van der Waals surface area (Å²) in [6.07, 6.45) is 4.10. The van der Waals surface area contributed by atoms with Gasteiger partial charge in [-0.15, -0.1) is 0 Å². The van der Waals surface area contributed by atoms with Crippen LogP contribution in [0.5, 0.6) is 0 Å². The second kappa shape index (κ2) is 12.5. The number of rotatable bonds is 8. The number of benzene rings is 2. The minimum Gasteiger partial charge on any atom is -0.444 e. The number of hydrogen-bond donors (Lipinski definition) is 2. The number of ether oxygens (including phenoxy) is 1. The molecule has 2 amide bonds. The van der Waals surface area contributed by atoms with E-state index in [-0.39, 0.29) is 29.6 Å². The lowest BCUT2D eigenvalue weighted by Crippen LogP contribution is -2.57. The number of nitrogens with one attached hydrogen (secondary N) is 2. The molecular weight excluding hydrogens is 493 g/mol. The number of halogens is 1. The molecule has 0 aromatic heterocycles. The smallest absolute Gasteiger partial charge is 0.407 e. The molecule has 2 N–H and O–H groups in total. The van der Waals surface area contributed by atoms with Crippen molar-refractivity contribution in [2.75, 3.05) is 19.6 Å². The third-order valence-electron chi connectivity index (χ3n) is 8.44. The number of likely N-dealkylation sites (tertiary alicyclic amines) is 1. The lowest BCUT2D eigenvalue weighted by Gasteiger charge is -2.50. The van der Waals surface area contributed by atoms with Crippen LogP contribution in [0, 0.1) is 17.7 Å². The van der Waals surface area contributed by atoms with Gasteiger partial charge >= 0.3 is 6.09 Å². The van der Waals surface area contributed by atoms with Crippen LogP contribution in [0.25, 0.3) is 0 Å². The quantitative estimate of drug-likeness (QED) is 0.446. The molecule has 0 spiro atoms. The Morgan fingerprint density at radius 3 is 2.36 bits per heavy atom. The van der Waals surface area contributed by atoms with Crippen molar-refractivity contribution in [2.45, 2.75) is 83.4 Å². The summed E-state index contributed by atoms with van der Waals surface area (Å²) in [6, 6.07) is 17.3. The molecule has 4 rings (SSSR count). The normalized spacial score (nSPS) is 22.2. The molecule has 0 unspecified atom stereocenters. The van der Waals surface area contributed by atoms with Gasteiger partial charge < -0.3 is 15.4 Å². The number of nitrogens with zero attached hydrogens (tertiary/aromatic N) is 1. The number of hydrogen-bond acceptors (Lipinski definition) is 4. The minimum absolute atomic E-state index is 0.0318. The van der Waals surface area contributed by atoms with Gasteiger partial charge in [0, 0.05) is 31.5 Å². The van der Waals surface area contributed by atoms with Gasteiger partial charge in [-0.05, 0) is 94.6 Å². The van der Waals surface area contributed by atoms with Crippen LogP contribution < -0.4 is 10.6 Å². The Bertz CT molecular complexity index is 1110. The summed E-state index contributed by atoms with van der Waals surface area (Å²) in [6.45, 7) is 10.3. The van der Waals surface area contributed by atoms with Crippen LogP contribution in [0.3, 0.4) is 0 Å². The van der Waals surface area contributed by atoms with Gasteiger partial charge in [0.05, 0.1) is 0 Å². The number of carbonyl (C=O) groups is 2. The minimum atomic E-state index is -0.598. The molecule has 6 nitrogen and oxygen atoms in total. The van der Waals surface area contributed by atoms with E-state index in [0.29, 0.717) is 6.54 Å². The molecule has 0 bridgehead atoms. The van der Waals surface area contributed by atoms with Crippen molar-refractivity contribution in [2.24, 2.45) is 11.8 Å². The van der Waals surface area contributed by atoms with Crippen LogP contribution in [0.4, 0.5) is 9.18 Å². The summed E-state index contributed by atoms with van der Waals surface area (Å²) in [5.74, 6) is -0.142. The van der Waals surface area contributed by atoms with Gasteiger partial charge in [-0.25, -0.2) is 9.18 Å². The Hall–Kier alpha value is -2.93. The number of alkyl carbamates (subject to hydrolysis) is 1. The maximum Gasteiger partial charge on any atom is 0.407 e. The molecule has 1 aliphatic carbocycles. The Morgan fingerprint density at radius 2 is 1.72 bits per heavy atom. The second-order valence-electron chi connectivity index (χ2n) is 12.3. The largest absolute Gasteiger partial charge is 0.444 e. The summed E-state index contributed by atoms with van der Waals surface area (Å²) in [4.78, 5) is 27.6. The van der Waals surface area contributed by atoms with Crippen LogP contribution >= 0.6 is 0 Å². The van der Waals surface area contributed by atoms with E-state index in [0.717, 1.165) is 57.3 Å². The van der Waals surface area contributed by atoms with Gasteiger partial charge in [-0.2, -0.15) is 0 Å². The van der Waals surface area contributed by atoms with E-state index in [9.17, 15) is 14.0 Å². The summed E-state index contributed by atoms with van der Waals surface area (Å²) < 4.78 is 20.4. The summed E-state index contributed by atoms with van der Waals surface area (Å²) in [7, 11) is 0. The highest BCUT2D eigenvalue weighted by atomic mass is 19.1. The molecule has 2 aliphatic rings. The van der Waals surface area contributed by atoms with E-state index in [4.69, 9.17) is 4.74 Å². The molecule has 1 aliphatic heterocycles. The van der Waals surface area contributed by atoms with Crippen LogP contribution in [0.1, 0.15) is 70.9 Å². The molecule has 1 heterocycles. The number of carbonyl (C=O) groups excluding carboxylic acids is 2. The van der Waals surface area contributed by atoms with E-state index in [1.54, 1.807) is 12.1 Å². The van der Waals surface area contributed by atoms with E-state index in [1.165, 1.54) is 18.6 Å². The van der Waals surface area contributed by atoms with Gasteiger partial charge in [0.15, 0.2) is 0 Å². The Kier molecular flexibility index (Phi) is 9.31. The molecule has 1 saturated carbocycles. The zero-order chi connectivity index (χ0) is 28.0. The van der Waals surface area contributed by atoms with Crippen molar-refractivity contribution in [1.29, 1.82) is 0 Å². The highest BCUT2D eigenvalue weighted by molar-refractivity contribution is 5.73. The Labute approximate surface area is 232 Å². The van der Waals surface area contributed by atoms with Gasteiger partial charge in [0.1, 0.15) is 11.4 Å². The first-order valence-corrected chi connectivity index (χ1v) is 14.3. The molecule has 1 saturated heterocycles. The molecule has 212 valence electrons. The summed E-state index contributed by atoms with van der Waals surface area (Å²) in [5, 5.41) is 6.29. The van der Waals surface area contributed by atoms with E-state index in [1.807, 2.05) is 32.9 Å². The predicted octanol–water partition coefficient (Wildman–Crippen LogP) is 5.81. The Balaban J connectivity index is 1.66. The zero-order valence-electron chi connectivity index (χ0n) is 23.8. The number of piperidine rings is 1. The first kappa shape index (κ1) is 29.1. The van der Waals surface area contributed by atoms with Crippen molar-refractivity contribution in [3.63, 3.8) is 0 Å². The third-order valence-corrected chi connectivity index (χ3v) is 8.44. The Morgan fingerprint density at radius 1 is 1.00 bits per heavy atom. The maximum absolute atomic E-state index is 14.8. The van der Waals surface area contributed by atoms with Gasteiger partial charge in [0.2, 0.25) is 5.91 Å². The first-order valence-electron chi connectivity index (χ1n) is 14.3. The van der Waals surface area contributed by atoms with Crippen molar-refractivity contribution in [3.8, 4) is 0 Å². The zero-order valence-corrected chi connectivity index (χ0v) is 23.8. The fraction of sp³-hybridized carbons (Fsp3) is 0.562. The van der Waals surface area contributed by atoms with Gasteiger partial charge in [-0.1, -0.05) is 48.9 Å². The van der Waals surface area contributed by atoms with Crippen molar-refractivity contribution < 1.29 is 18.7 Å². The fourth-order valence-corrected chi connectivity index (χ4v) is 6.83. The van der Waals surface area contributed by atoms with E-state index in [2.05, 4.69) is 39.8 Å². The lowest BCUT2D eigenvalue weighted by atomic mass is 9.58. The molecule has 3 atom stereocenters. The van der Waals surface area contributed by atoms with Crippen molar-refractivity contribution in [3.05, 3.63) is 71.5 Å². The average molecular weight is 538 g/mol. The second-order valence-corrected chi connectivity index (χ2v) is 12.3. The van der Waals surface area contributed by atoms with Crippen molar-refractivity contribution in [1.82, 2.24) is 15.5 Å². The maximum atomic E-state index is 14.8. The molecule has 2 aromatic carbocycles. The van der Waals surface area contributed by atoms with E-state index < -0.39 is 17.1 Å². The summed E-state index contributed by atoms with van der Waals surface area (Å²) >= 11 is 0. The molecule has 39 heavy (non-hydrogen) atoms. The molecule has 2 aromatic rings. The molecule has 0 radical (unpaired) electrons. The third kappa shape index (κ3) is 7.38. The topological polar surface area (TPSA) is 70.7 Å². The summed E-state index contributed by atoms with van der Waals surface area (Å²) in [5.41, 5.74) is 1.08. The molecular formula is C32H44FN3O3. The standard InChI is InChI=1S/C32H44FN3O3/c1-23(37)34-22-32(26-12-8-13-27(33)20-26,28-14-9-15-29(28)35-30(38)39-31(2,3)4)25-16-18-36(19-17-25)21-24-10-6-5-7-11-24/h5-8,10-13,20,25,28-29H,9,14-19,21-22H2,1-4H3,(H,34,37)(H,35,38)/t28-,29-,32-/m0/s1. The van der Waals surface area contributed by atoms with Crippen LogP contribution in [-0.4, -0.2) is 48.2 Å². The monoisotopic (exact) mass is 537 g/mol. The van der Waals surface area contributed by atoms with Crippen molar-refractivity contribution >= 4 is 12.0 Å². The molecule has 7 heteroatoms. The van der Waals surface area contributed by atoms with Gasteiger partial charge in [0.25, 0.3) is 0 Å². The lowest BCUT2D eigenvalue weighted by molar-refractivity contribution is -0.119. The van der Waals surface area contributed by atoms with Crippen LogP contribution in [0.2, 0.25) is 0 Å². The SMILES string of the molecule is CC(=O)NC[C@@](c1cccc(F)c1)(C1CCN(Cc2ccccc2)CC1)[C@H]1CCC[C@@H]1NC(=O)OC(C)(C)C. The highest BCUT2D eigenvalue weighted by Crippen LogP contribution is 2.50. The highest BCUT2D eigenvalue weighted by Gasteiger charge is 2.52. The number of amides is 2. The van der Waals surface area contributed by atoms with E-state index >= 15 is 0 Å². The average Bonchev–Trinajstić information content (AvgIpc) is 3.33. The fourth-order valence-electron chi connectivity index (χ4n) is 6.83. The first-order chi connectivity index (χ1) is 18.6. The van der Waals surface area contributed by atoms with Crippen LogP contribution in [-0.2, 0) is 21.5 Å². The molecule has 2 fully saturated rings. The van der Waals surface area contributed by atoms with Crippen LogP contribution in [0.15, 0.2) is 54.6 Å². The van der Waals surface area contributed by atoms with Gasteiger partial charge in [-0.3, -0.25) is 9.69 Å². The predicted molar refractivity (Wildman–Crippen MR) is 152 cm³/mol.